The Labute approximate surface area is 69.2 Å². The number of carbonyl (C=O) groups excluding carboxylic acids is 2. The molecule has 1 aromatic rings. The average Bonchev–Trinajstić information content (AvgIpc) is 2.16. The van der Waals surface area contributed by atoms with Crippen LogP contribution in [0.1, 0.15) is 20.7 Å². The second-order valence-corrected chi connectivity index (χ2v) is 2.15. The van der Waals surface area contributed by atoms with E-state index in [9.17, 15) is 9.59 Å². The summed E-state index contributed by atoms with van der Waals surface area (Å²) in [6.45, 7) is 0. The second-order valence-electron chi connectivity index (χ2n) is 2.15. The number of ketones is 1. The van der Waals surface area contributed by atoms with Gasteiger partial charge in [0.15, 0.2) is 6.29 Å². The summed E-state index contributed by atoms with van der Waals surface area (Å²) >= 11 is 0. The Morgan fingerprint density at radius 1 is 1.42 bits per heavy atom. The molecule has 0 saturated heterocycles. The predicted octanol–water partition coefficient (Wildman–Crippen LogP) is 1.21. The highest BCUT2D eigenvalue weighted by atomic mass is 16.1. The van der Waals surface area contributed by atoms with Crippen LogP contribution in [0.15, 0.2) is 24.3 Å². The van der Waals surface area contributed by atoms with Gasteiger partial charge in [0.2, 0.25) is 0 Å². The van der Waals surface area contributed by atoms with Gasteiger partial charge in [-0.05, 0) is 6.07 Å². The molecule has 0 aliphatic rings. The average molecular weight is 159 g/mol. The fraction of sp³-hybridized carbons (Fsp3) is 0. The minimum Gasteiger partial charge on any atom is -0.298 e. The highest BCUT2D eigenvalue weighted by Gasteiger charge is 2.07. The molecule has 0 aromatic heterocycles. The zero-order valence-electron chi connectivity index (χ0n) is 6.15. The number of benzene rings is 1. The van der Waals surface area contributed by atoms with Gasteiger partial charge in [-0.2, -0.15) is 5.26 Å². The first-order valence-corrected chi connectivity index (χ1v) is 3.28. The lowest BCUT2D eigenvalue weighted by molar-refractivity contribution is 0.104. The Kier molecular flexibility index (Phi) is 2.34. The zero-order valence-corrected chi connectivity index (χ0v) is 6.15. The topological polar surface area (TPSA) is 57.9 Å². The molecule has 3 nitrogen and oxygen atoms in total. The van der Waals surface area contributed by atoms with E-state index in [-0.39, 0.29) is 11.1 Å². The van der Waals surface area contributed by atoms with Crippen LogP contribution in [0, 0.1) is 11.3 Å². The van der Waals surface area contributed by atoms with Crippen molar-refractivity contribution in [2.75, 3.05) is 0 Å². The van der Waals surface area contributed by atoms with Crippen LogP contribution >= 0.6 is 0 Å². The Bertz CT molecular complexity index is 363. The fourth-order valence-electron chi connectivity index (χ4n) is 0.867. The van der Waals surface area contributed by atoms with Gasteiger partial charge in [-0.25, -0.2) is 0 Å². The minimum absolute atomic E-state index is 0.162. The van der Waals surface area contributed by atoms with E-state index in [0.717, 1.165) is 0 Å². The maximum absolute atomic E-state index is 10.9. The predicted molar refractivity (Wildman–Crippen MR) is 41.8 cm³/mol. The first-order chi connectivity index (χ1) is 5.79. The van der Waals surface area contributed by atoms with E-state index in [0.29, 0.717) is 6.29 Å². The Balaban J connectivity index is 3.24. The molecule has 0 spiro atoms. The van der Waals surface area contributed by atoms with E-state index >= 15 is 0 Å². The van der Waals surface area contributed by atoms with Crippen LogP contribution in [0.25, 0.3) is 0 Å². The Morgan fingerprint density at radius 2 is 2.08 bits per heavy atom. The first kappa shape index (κ1) is 8.15. The molecule has 0 N–H and O–H groups in total. The summed E-state index contributed by atoms with van der Waals surface area (Å²) in [6, 6.07) is 7.65. The van der Waals surface area contributed by atoms with Crippen molar-refractivity contribution in [3.8, 4) is 6.07 Å². The van der Waals surface area contributed by atoms with Crippen LogP contribution < -0.4 is 0 Å². The Morgan fingerprint density at radius 3 is 2.67 bits per heavy atom. The molecule has 0 heterocycles. The summed E-state index contributed by atoms with van der Waals surface area (Å²) in [5.74, 6) is -0.683. The van der Waals surface area contributed by atoms with Crippen LogP contribution in [-0.2, 0) is 0 Å². The van der Waals surface area contributed by atoms with Gasteiger partial charge in [0.25, 0.3) is 5.78 Å². The zero-order chi connectivity index (χ0) is 8.97. The molecule has 58 valence electrons. The monoisotopic (exact) mass is 159 g/mol. The molecule has 0 atom stereocenters. The summed E-state index contributed by atoms with van der Waals surface area (Å²) in [7, 11) is 0. The van der Waals surface area contributed by atoms with Gasteiger partial charge in [-0.3, -0.25) is 9.59 Å². The SMILES string of the molecule is N#CC(=O)c1ccccc1C=O. The van der Waals surface area contributed by atoms with Gasteiger partial charge in [-0.15, -0.1) is 0 Å². The van der Waals surface area contributed by atoms with E-state index in [1.165, 1.54) is 18.2 Å². The molecule has 3 heteroatoms. The third-order valence-corrected chi connectivity index (χ3v) is 1.43. The molecule has 0 fully saturated rings. The summed E-state index contributed by atoms with van der Waals surface area (Å²) < 4.78 is 0. The molecule has 0 amide bonds. The van der Waals surface area contributed by atoms with E-state index in [4.69, 9.17) is 5.26 Å². The van der Waals surface area contributed by atoms with Crippen molar-refractivity contribution in [3.63, 3.8) is 0 Å². The number of carbonyl (C=O) groups is 2. The van der Waals surface area contributed by atoms with E-state index < -0.39 is 5.78 Å². The number of hydrogen-bond acceptors (Lipinski definition) is 3. The smallest absolute Gasteiger partial charge is 0.262 e. The van der Waals surface area contributed by atoms with Crippen molar-refractivity contribution in [3.05, 3.63) is 35.4 Å². The van der Waals surface area contributed by atoms with Crippen LogP contribution in [0.3, 0.4) is 0 Å². The molecule has 1 aromatic carbocycles. The molecule has 0 unspecified atom stereocenters. The quantitative estimate of drug-likeness (QED) is 0.370. The lowest BCUT2D eigenvalue weighted by atomic mass is 10.1. The first-order valence-electron chi connectivity index (χ1n) is 3.28. The lowest BCUT2D eigenvalue weighted by Crippen LogP contribution is -1.99. The van der Waals surface area contributed by atoms with Gasteiger partial charge in [0.1, 0.15) is 6.07 Å². The molecule has 0 radical (unpaired) electrons. The van der Waals surface area contributed by atoms with Gasteiger partial charge in [-0.1, -0.05) is 18.2 Å². The number of aldehydes is 1. The largest absolute Gasteiger partial charge is 0.298 e. The van der Waals surface area contributed by atoms with Crippen molar-refractivity contribution in [1.29, 1.82) is 5.26 Å². The highest BCUT2D eigenvalue weighted by molar-refractivity contribution is 6.11. The third-order valence-electron chi connectivity index (χ3n) is 1.43. The third kappa shape index (κ3) is 1.38. The highest BCUT2D eigenvalue weighted by Crippen LogP contribution is 2.05. The molecule has 12 heavy (non-hydrogen) atoms. The summed E-state index contributed by atoms with van der Waals surface area (Å²) in [4.78, 5) is 21.3. The van der Waals surface area contributed by atoms with Crippen molar-refractivity contribution in [2.45, 2.75) is 0 Å². The second kappa shape index (κ2) is 3.44. The van der Waals surface area contributed by atoms with Gasteiger partial charge in [0, 0.05) is 11.1 Å². The Hall–Kier alpha value is -1.95. The van der Waals surface area contributed by atoms with Crippen molar-refractivity contribution < 1.29 is 9.59 Å². The number of nitrogens with zero attached hydrogens (tertiary/aromatic N) is 1. The number of Topliss-reactive ketones (excluding diaryl/α,β-unsaturated/α-hetero) is 1. The van der Waals surface area contributed by atoms with Gasteiger partial charge < -0.3 is 0 Å². The molecule has 0 bridgehead atoms. The number of hydrogen-bond donors (Lipinski definition) is 0. The standard InChI is InChI=1S/C9H5NO2/c10-5-9(12)8-4-2-1-3-7(8)6-11/h1-4,6H. The van der Waals surface area contributed by atoms with E-state index in [1.807, 2.05) is 0 Å². The molecule has 0 saturated carbocycles. The number of nitriles is 1. The molecule has 0 aliphatic heterocycles. The number of rotatable bonds is 2. The normalized spacial score (nSPS) is 8.58. The molecule has 0 aliphatic carbocycles. The van der Waals surface area contributed by atoms with Crippen LogP contribution in [-0.4, -0.2) is 12.1 Å². The lowest BCUT2D eigenvalue weighted by Gasteiger charge is -1.95. The summed E-state index contributed by atoms with van der Waals surface area (Å²) in [5, 5.41) is 8.29. The van der Waals surface area contributed by atoms with Gasteiger partial charge >= 0.3 is 0 Å². The van der Waals surface area contributed by atoms with E-state index in [2.05, 4.69) is 0 Å². The van der Waals surface area contributed by atoms with Crippen molar-refractivity contribution in [1.82, 2.24) is 0 Å². The van der Waals surface area contributed by atoms with Crippen molar-refractivity contribution in [2.24, 2.45) is 0 Å². The van der Waals surface area contributed by atoms with Crippen LogP contribution in [0.5, 0.6) is 0 Å². The van der Waals surface area contributed by atoms with Crippen molar-refractivity contribution >= 4 is 12.1 Å². The van der Waals surface area contributed by atoms with Crippen LogP contribution in [0.4, 0.5) is 0 Å². The molecule has 1 rings (SSSR count). The minimum atomic E-state index is -0.683. The van der Waals surface area contributed by atoms with Gasteiger partial charge in [0.05, 0.1) is 0 Å². The maximum Gasteiger partial charge on any atom is 0.262 e. The molecular weight excluding hydrogens is 154 g/mol. The summed E-state index contributed by atoms with van der Waals surface area (Å²) in [5.41, 5.74) is 0.416. The summed E-state index contributed by atoms with van der Waals surface area (Å²) in [6.07, 6.45) is 0.560. The van der Waals surface area contributed by atoms with E-state index in [1.54, 1.807) is 12.1 Å². The fourth-order valence-corrected chi connectivity index (χ4v) is 0.867. The molecular formula is C9H5NO2. The maximum atomic E-state index is 10.9. The van der Waals surface area contributed by atoms with Crippen LogP contribution in [0.2, 0.25) is 0 Å².